The van der Waals surface area contributed by atoms with Crippen molar-refractivity contribution in [3.63, 3.8) is 0 Å². The predicted molar refractivity (Wildman–Crippen MR) is 55.5 cm³/mol. The number of rotatable bonds is 4. The van der Waals surface area contributed by atoms with Gasteiger partial charge in [-0.15, -0.1) is 0 Å². The van der Waals surface area contributed by atoms with Gasteiger partial charge in [0.25, 0.3) is 0 Å². The lowest BCUT2D eigenvalue weighted by Gasteiger charge is -2.22. The van der Waals surface area contributed by atoms with Gasteiger partial charge < -0.3 is 19.2 Å². The lowest BCUT2D eigenvalue weighted by Crippen LogP contribution is -2.33. The molecule has 0 spiro atoms. The molecule has 2 rings (SSSR count). The minimum atomic E-state index is 0.273. The summed E-state index contributed by atoms with van der Waals surface area (Å²) in [5.41, 5.74) is 0. The largest absolute Gasteiger partial charge is 0.465 e. The molecule has 1 unspecified atom stereocenters. The first kappa shape index (κ1) is 10.7. The van der Waals surface area contributed by atoms with E-state index < -0.39 is 0 Å². The monoisotopic (exact) mass is 211 g/mol. The van der Waals surface area contributed by atoms with Gasteiger partial charge in [0.05, 0.1) is 19.3 Å². The summed E-state index contributed by atoms with van der Waals surface area (Å²) >= 11 is 0. The molecule has 1 saturated heterocycles. The quantitative estimate of drug-likeness (QED) is 0.818. The minimum absolute atomic E-state index is 0.273. The molecule has 2 heterocycles. The van der Waals surface area contributed by atoms with Crippen LogP contribution in [-0.2, 0) is 16.0 Å². The van der Waals surface area contributed by atoms with Crippen LogP contribution in [0, 0.1) is 6.92 Å². The molecular weight excluding hydrogens is 194 g/mol. The third-order valence-corrected chi connectivity index (χ3v) is 2.44. The molecule has 1 fully saturated rings. The van der Waals surface area contributed by atoms with E-state index in [9.17, 15) is 0 Å². The van der Waals surface area contributed by atoms with E-state index in [4.69, 9.17) is 13.9 Å². The van der Waals surface area contributed by atoms with Crippen molar-refractivity contribution >= 4 is 0 Å². The van der Waals surface area contributed by atoms with Crippen LogP contribution < -0.4 is 5.32 Å². The van der Waals surface area contributed by atoms with E-state index in [1.807, 2.05) is 19.1 Å². The molecular formula is C11H17NO3. The van der Waals surface area contributed by atoms with Gasteiger partial charge in [-0.1, -0.05) is 0 Å². The van der Waals surface area contributed by atoms with Crippen LogP contribution in [0.1, 0.15) is 17.9 Å². The Morgan fingerprint density at radius 3 is 3.07 bits per heavy atom. The van der Waals surface area contributed by atoms with Crippen LogP contribution in [0.4, 0.5) is 0 Å². The van der Waals surface area contributed by atoms with Gasteiger partial charge in [0.15, 0.2) is 0 Å². The summed E-state index contributed by atoms with van der Waals surface area (Å²) in [6.07, 6.45) is 1.24. The molecule has 0 aliphatic carbocycles. The first-order valence-electron chi connectivity index (χ1n) is 5.30. The molecule has 4 nitrogen and oxygen atoms in total. The van der Waals surface area contributed by atoms with Crippen LogP contribution in [0.2, 0.25) is 0 Å². The van der Waals surface area contributed by atoms with Crippen molar-refractivity contribution in [2.75, 3.05) is 19.9 Å². The lowest BCUT2D eigenvalue weighted by molar-refractivity contribution is -0.137. The summed E-state index contributed by atoms with van der Waals surface area (Å²) in [5, 5.41) is 3.31. The second kappa shape index (κ2) is 5.30. The van der Waals surface area contributed by atoms with Crippen LogP contribution in [0.5, 0.6) is 0 Å². The van der Waals surface area contributed by atoms with E-state index in [-0.39, 0.29) is 6.10 Å². The zero-order valence-electron chi connectivity index (χ0n) is 8.99. The topological polar surface area (TPSA) is 43.6 Å². The van der Waals surface area contributed by atoms with Gasteiger partial charge in [-0.2, -0.15) is 0 Å². The molecule has 1 aliphatic rings. The minimum Gasteiger partial charge on any atom is -0.465 e. The maximum absolute atomic E-state index is 5.44. The van der Waals surface area contributed by atoms with E-state index in [1.54, 1.807) is 0 Å². The molecule has 4 heteroatoms. The van der Waals surface area contributed by atoms with Crippen molar-refractivity contribution in [3.8, 4) is 0 Å². The summed E-state index contributed by atoms with van der Waals surface area (Å²) in [4.78, 5) is 0. The zero-order chi connectivity index (χ0) is 10.5. The van der Waals surface area contributed by atoms with Crippen molar-refractivity contribution in [3.05, 3.63) is 23.7 Å². The molecule has 0 saturated carbocycles. The standard InChI is InChI=1S/C11H17NO3/c1-9-2-3-11(15-9)7-12-6-10-4-5-13-8-14-10/h2-3,10,12H,4-8H2,1H3. The van der Waals surface area contributed by atoms with Crippen molar-refractivity contribution in [1.82, 2.24) is 5.32 Å². The Kier molecular flexibility index (Phi) is 3.77. The molecule has 15 heavy (non-hydrogen) atoms. The fourth-order valence-electron chi connectivity index (χ4n) is 1.60. The average molecular weight is 211 g/mol. The molecule has 1 aromatic heterocycles. The van der Waals surface area contributed by atoms with Gasteiger partial charge in [0.2, 0.25) is 0 Å². The maximum atomic E-state index is 5.44. The smallest absolute Gasteiger partial charge is 0.147 e. The molecule has 1 N–H and O–H groups in total. The number of hydrogen-bond acceptors (Lipinski definition) is 4. The number of ether oxygens (including phenoxy) is 2. The third-order valence-electron chi connectivity index (χ3n) is 2.44. The van der Waals surface area contributed by atoms with Gasteiger partial charge in [0.1, 0.15) is 18.3 Å². The second-order valence-corrected chi connectivity index (χ2v) is 3.75. The third kappa shape index (κ3) is 3.34. The molecule has 0 bridgehead atoms. The number of hydrogen-bond donors (Lipinski definition) is 1. The van der Waals surface area contributed by atoms with Crippen LogP contribution in [0.25, 0.3) is 0 Å². The molecule has 1 atom stereocenters. The Balaban J connectivity index is 1.65. The molecule has 84 valence electrons. The van der Waals surface area contributed by atoms with Gasteiger partial charge in [-0.05, 0) is 25.5 Å². The molecule has 0 radical (unpaired) electrons. The van der Waals surface area contributed by atoms with Crippen molar-refractivity contribution in [2.24, 2.45) is 0 Å². The van der Waals surface area contributed by atoms with Gasteiger partial charge in [-0.3, -0.25) is 0 Å². The first-order chi connectivity index (χ1) is 7.34. The number of nitrogens with one attached hydrogen (secondary N) is 1. The van der Waals surface area contributed by atoms with Crippen molar-refractivity contribution < 1.29 is 13.9 Å². The van der Waals surface area contributed by atoms with Gasteiger partial charge in [-0.25, -0.2) is 0 Å². The maximum Gasteiger partial charge on any atom is 0.147 e. The number of aryl methyl sites for hydroxylation is 1. The highest BCUT2D eigenvalue weighted by molar-refractivity contribution is 5.05. The number of furan rings is 1. The van der Waals surface area contributed by atoms with Crippen molar-refractivity contribution in [1.29, 1.82) is 0 Å². The Morgan fingerprint density at radius 1 is 1.47 bits per heavy atom. The van der Waals surface area contributed by atoms with Crippen LogP contribution >= 0.6 is 0 Å². The fraction of sp³-hybridized carbons (Fsp3) is 0.636. The Bertz CT molecular complexity index is 292. The highest BCUT2D eigenvalue weighted by Crippen LogP contribution is 2.07. The molecule has 1 aromatic rings. The lowest BCUT2D eigenvalue weighted by atomic mass is 10.2. The Morgan fingerprint density at radius 2 is 2.40 bits per heavy atom. The molecule has 0 amide bonds. The highest BCUT2D eigenvalue weighted by Gasteiger charge is 2.13. The fourth-order valence-corrected chi connectivity index (χ4v) is 1.60. The summed E-state index contributed by atoms with van der Waals surface area (Å²) in [7, 11) is 0. The van der Waals surface area contributed by atoms with E-state index in [1.165, 1.54) is 0 Å². The normalized spacial score (nSPS) is 21.8. The average Bonchev–Trinajstić information content (AvgIpc) is 2.66. The first-order valence-corrected chi connectivity index (χ1v) is 5.30. The molecule has 1 aliphatic heterocycles. The highest BCUT2D eigenvalue weighted by atomic mass is 16.7. The summed E-state index contributed by atoms with van der Waals surface area (Å²) in [6, 6.07) is 3.97. The molecule has 0 aromatic carbocycles. The SMILES string of the molecule is Cc1ccc(CNCC2CCOCO2)o1. The van der Waals surface area contributed by atoms with E-state index in [0.717, 1.165) is 37.6 Å². The van der Waals surface area contributed by atoms with Gasteiger partial charge in [0, 0.05) is 6.54 Å². The van der Waals surface area contributed by atoms with Crippen molar-refractivity contribution in [2.45, 2.75) is 26.0 Å². The summed E-state index contributed by atoms with van der Waals surface area (Å²) in [5.74, 6) is 1.92. The Labute approximate surface area is 89.6 Å². The summed E-state index contributed by atoms with van der Waals surface area (Å²) < 4.78 is 15.9. The zero-order valence-corrected chi connectivity index (χ0v) is 8.99. The van der Waals surface area contributed by atoms with Crippen LogP contribution in [0.15, 0.2) is 16.5 Å². The van der Waals surface area contributed by atoms with Gasteiger partial charge >= 0.3 is 0 Å². The van der Waals surface area contributed by atoms with E-state index in [0.29, 0.717) is 6.79 Å². The Hall–Kier alpha value is -0.840. The van der Waals surface area contributed by atoms with Crippen LogP contribution in [0.3, 0.4) is 0 Å². The second-order valence-electron chi connectivity index (χ2n) is 3.75. The van der Waals surface area contributed by atoms with E-state index in [2.05, 4.69) is 5.32 Å². The summed E-state index contributed by atoms with van der Waals surface area (Å²) in [6.45, 7) is 4.78. The van der Waals surface area contributed by atoms with Crippen LogP contribution in [-0.4, -0.2) is 26.0 Å². The van der Waals surface area contributed by atoms with E-state index >= 15 is 0 Å². The predicted octanol–water partition coefficient (Wildman–Crippen LogP) is 1.44.